The largest absolute Gasteiger partial charge is 0.272 e. The van der Waals surface area contributed by atoms with Gasteiger partial charge in [-0.25, -0.2) is 9.89 Å². The van der Waals surface area contributed by atoms with Crippen LogP contribution in [0.2, 0.25) is 0 Å². The van der Waals surface area contributed by atoms with Gasteiger partial charge < -0.3 is 0 Å². The summed E-state index contributed by atoms with van der Waals surface area (Å²) in [5.41, 5.74) is 2.61. The summed E-state index contributed by atoms with van der Waals surface area (Å²) in [5, 5.41) is 11.3. The molecule has 0 saturated carbocycles. The molecule has 0 saturated heterocycles. The van der Waals surface area contributed by atoms with E-state index in [2.05, 4.69) is 9.98 Å². The maximum atomic E-state index is 12.5. The molecule has 8 heteroatoms. The Kier molecular flexibility index (Phi) is 4.04. The highest BCUT2D eigenvalue weighted by Gasteiger charge is 2.39. The van der Waals surface area contributed by atoms with Gasteiger partial charge in [0.1, 0.15) is 11.9 Å². The first-order valence-electron chi connectivity index (χ1n) is 8.00. The van der Waals surface area contributed by atoms with Gasteiger partial charge in [-0.05, 0) is 24.6 Å². The second-order valence-corrected chi connectivity index (χ2v) is 6.87. The van der Waals surface area contributed by atoms with Gasteiger partial charge in [-0.15, -0.1) is 0 Å². The molecule has 0 bridgehead atoms. The summed E-state index contributed by atoms with van der Waals surface area (Å²) in [6.07, 6.45) is 0. The highest BCUT2D eigenvalue weighted by atomic mass is 32.2. The fraction of sp³-hybridized carbons (Fsp3) is 0.167. The number of para-hydroxylation sites is 1. The number of nitrogens with zero attached hydrogens (tertiary/aromatic N) is 4. The standard InChI is InChI=1S/C18H14N4O3S/c1-11-17(23)21-16(19-11)14-4-2-3-5-15(14)20-18(21)26-10-12-6-8-13(9-7-12)22(24)25/h2-9,11H,10H2,1H3/t11-/m1/s1. The van der Waals surface area contributed by atoms with Gasteiger partial charge in [0.25, 0.3) is 11.6 Å². The molecule has 1 atom stereocenters. The normalized spacial score (nSPS) is 18.1. The lowest BCUT2D eigenvalue weighted by Gasteiger charge is -2.25. The predicted molar refractivity (Wildman–Crippen MR) is 101 cm³/mol. The van der Waals surface area contributed by atoms with E-state index in [1.54, 1.807) is 24.0 Å². The maximum absolute atomic E-state index is 12.5. The van der Waals surface area contributed by atoms with Gasteiger partial charge in [-0.3, -0.25) is 19.9 Å². The second-order valence-electron chi connectivity index (χ2n) is 5.93. The van der Waals surface area contributed by atoms with Gasteiger partial charge >= 0.3 is 0 Å². The number of carbonyl (C=O) groups excluding carboxylic acids is 1. The van der Waals surface area contributed by atoms with Crippen molar-refractivity contribution in [2.45, 2.75) is 18.7 Å². The molecule has 2 aliphatic rings. The van der Waals surface area contributed by atoms with Crippen LogP contribution in [0.3, 0.4) is 0 Å². The minimum Gasteiger partial charge on any atom is -0.272 e. The summed E-state index contributed by atoms with van der Waals surface area (Å²) < 4.78 is 0. The zero-order chi connectivity index (χ0) is 18.3. The summed E-state index contributed by atoms with van der Waals surface area (Å²) in [7, 11) is 0. The second kappa shape index (κ2) is 6.38. The van der Waals surface area contributed by atoms with Crippen molar-refractivity contribution in [1.29, 1.82) is 0 Å². The zero-order valence-electron chi connectivity index (χ0n) is 13.8. The van der Waals surface area contributed by atoms with Crippen LogP contribution in [0.25, 0.3) is 0 Å². The number of nitro groups is 1. The summed E-state index contributed by atoms with van der Waals surface area (Å²) in [6.45, 7) is 1.77. The van der Waals surface area contributed by atoms with E-state index in [0.717, 1.165) is 16.8 Å². The number of benzene rings is 2. The van der Waals surface area contributed by atoms with Crippen LogP contribution in [0.15, 0.2) is 58.5 Å². The van der Waals surface area contributed by atoms with Crippen molar-refractivity contribution in [2.24, 2.45) is 9.98 Å². The van der Waals surface area contributed by atoms with Crippen LogP contribution < -0.4 is 0 Å². The summed E-state index contributed by atoms with van der Waals surface area (Å²) >= 11 is 1.41. The number of carbonyl (C=O) groups is 1. The molecule has 4 rings (SSSR count). The Morgan fingerprint density at radius 3 is 2.65 bits per heavy atom. The number of fused-ring (bicyclic) bond motifs is 3. The van der Waals surface area contributed by atoms with Crippen LogP contribution in [-0.4, -0.2) is 32.8 Å². The van der Waals surface area contributed by atoms with Gasteiger partial charge in [-0.1, -0.05) is 36.0 Å². The first-order chi connectivity index (χ1) is 12.5. The van der Waals surface area contributed by atoms with E-state index in [0.29, 0.717) is 16.8 Å². The van der Waals surface area contributed by atoms with Crippen LogP contribution >= 0.6 is 11.8 Å². The lowest BCUT2D eigenvalue weighted by molar-refractivity contribution is -0.384. The topological polar surface area (TPSA) is 88.2 Å². The molecule has 0 aromatic heterocycles. The van der Waals surface area contributed by atoms with E-state index in [9.17, 15) is 14.9 Å². The third-order valence-corrected chi connectivity index (χ3v) is 5.18. The number of amides is 1. The molecule has 2 heterocycles. The molecule has 7 nitrogen and oxygen atoms in total. The quantitative estimate of drug-likeness (QED) is 0.614. The molecule has 0 aliphatic carbocycles. The van der Waals surface area contributed by atoms with E-state index in [1.807, 2.05) is 24.3 Å². The number of aliphatic imine (C=N–C) groups is 2. The zero-order valence-corrected chi connectivity index (χ0v) is 14.6. The van der Waals surface area contributed by atoms with Crippen LogP contribution in [0, 0.1) is 10.1 Å². The molecule has 2 aromatic rings. The van der Waals surface area contributed by atoms with E-state index in [-0.39, 0.29) is 11.6 Å². The Labute approximate surface area is 153 Å². The van der Waals surface area contributed by atoms with Crippen molar-refractivity contribution in [2.75, 3.05) is 0 Å². The molecule has 0 unspecified atom stereocenters. The molecule has 2 aliphatic heterocycles. The first-order valence-corrected chi connectivity index (χ1v) is 8.99. The lowest BCUT2D eigenvalue weighted by Crippen LogP contribution is -2.40. The number of rotatable bonds is 3. The summed E-state index contributed by atoms with van der Waals surface area (Å²) in [4.78, 5) is 33.6. The van der Waals surface area contributed by atoms with E-state index in [1.165, 1.54) is 23.9 Å². The monoisotopic (exact) mass is 366 g/mol. The summed E-state index contributed by atoms with van der Waals surface area (Å²) in [5.74, 6) is 1.09. The van der Waals surface area contributed by atoms with Gasteiger partial charge in [0.2, 0.25) is 0 Å². The molecule has 0 spiro atoms. The number of nitro benzene ring substituents is 1. The molecule has 0 fully saturated rings. The predicted octanol–water partition coefficient (Wildman–Crippen LogP) is 3.51. The van der Waals surface area contributed by atoms with Gasteiger partial charge in [0, 0.05) is 23.4 Å². The molecular formula is C18H14N4O3S. The fourth-order valence-corrected chi connectivity index (χ4v) is 3.79. The van der Waals surface area contributed by atoms with Gasteiger partial charge in [0.15, 0.2) is 5.17 Å². The number of hydrogen-bond acceptors (Lipinski definition) is 6. The molecule has 130 valence electrons. The smallest absolute Gasteiger partial charge is 0.269 e. The van der Waals surface area contributed by atoms with E-state index in [4.69, 9.17) is 0 Å². The highest BCUT2D eigenvalue weighted by Crippen LogP contribution is 2.34. The van der Waals surface area contributed by atoms with Crippen molar-refractivity contribution >= 4 is 40.0 Å². The highest BCUT2D eigenvalue weighted by molar-refractivity contribution is 8.13. The Morgan fingerprint density at radius 2 is 1.92 bits per heavy atom. The van der Waals surface area contributed by atoms with E-state index >= 15 is 0 Å². The SMILES string of the molecule is C[C@H]1N=C2c3ccccc3N=C(SCc3ccc([N+](=O)[O-])cc3)N2C1=O. The Balaban J connectivity index is 1.61. The maximum Gasteiger partial charge on any atom is 0.269 e. The third kappa shape index (κ3) is 2.78. The Hall–Kier alpha value is -3.00. The Morgan fingerprint density at radius 1 is 1.19 bits per heavy atom. The van der Waals surface area contributed by atoms with Crippen molar-refractivity contribution in [3.63, 3.8) is 0 Å². The molecule has 2 aromatic carbocycles. The van der Waals surface area contributed by atoms with Crippen LogP contribution in [-0.2, 0) is 10.5 Å². The van der Waals surface area contributed by atoms with Crippen LogP contribution in [0.4, 0.5) is 11.4 Å². The lowest BCUT2D eigenvalue weighted by atomic mass is 10.1. The number of amidine groups is 2. The van der Waals surface area contributed by atoms with Gasteiger partial charge in [0.05, 0.1) is 10.6 Å². The first kappa shape index (κ1) is 16.5. The molecular weight excluding hydrogens is 352 g/mol. The van der Waals surface area contributed by atoms with Crippen molar-refractivity contribution < 1.29 is 9.72 Å². The number of hydrogen-bond donors (Lipinski definition) is 0. The van der Waals surface area contributed by atoms with Crippen molar-refractivity contribution in [1.82, 2.24) is 4.90 Å². The van der Waals surface area contributed by atoms with Crippen molar-refractivity contribution in [3.8, 4) is 0 Å². The molecule has 26 heavy (non-hydrogen) atoms. The fourth-order valence-electron chi connectivity index (χ4n) is 2.83. The molecule has 1 amide bonds. The number of thioether (sulfide) groups is 1. The third-order valence-electron chi connectivity index (χ3n) is 4.17. The molecule has 0 N–H and O–H groups in total. The van der Waals surface area contributed by atoms with Crippen LogP contribution in [0.1, 0.15) is 18.1 Å². The summed E-state index contributed by atoms with van der Waals surface area (Å²) in [6, 6.07) is 13.6. The average Bonchev–Trinajstić information content (AvgIpc) is 2.95. The minimum atomic E-state index is -0.429. The Bertz CT molecular complexity index is 969. The minimum absolute atomic E-state index is 0.0562. The van der Waals surface area contributed by atoms with E-state index < -0.39 is 11.0 Å². The van der Waals surface area contributed by atoms with Crippen molar-refractivity contribution in [3.05, 3.63) is 69.8 Å². The van der Waals surface area contributed by atoms with Crippen LogP contribution in [0.5, 0.6) is 0 Å². The average molecular weight is 366 g/mol. The molecule has 0 radical (unpaired) electrons. The number of non-ortho nitro benzene ring substituents is 1. The van der Waals surface area contributed by atoms with Gasteiger partial charge in [-0.2, -0.15) is 0 Å².